The first-order valence-electron chi connectivity index (χ1n) is 19.9. The van der Waals surface area contributed by atoms with Gasteiger partial charge in [0, 0.05) is 107 Å². The molecule has 2 N–H and O–H groups in total. The normalized spacial score (nSPS) is 16.5. The molecule has 0 amide bonds. The zero-order chi connectivity index (χ0) is 37.4. The number of aliphatic imine (C=N–C) groups is 2. The Hall–Kier alpha value is -4.32. The summed E-state index contributed by atoms with van der Waals surface area (Å²) < 4.78 is 0. The Balaban J connectivity index is 1.11. The molecule has 2 fully saturated rings. The van der Waals surface area contributed by atoms with Gasteiger partial charge >= 0.3 is 0 Å². The molecule has 0 aliphatic carbocycles. The fourth-order valence-electron chi connectivity index (χ4n) is 6.96. The van der Waals surface area contributed by atoms with Crippen molar-refractivity contribution in [3.63, 3.8) is 0 Å². The molecule has 0 unspecified atom stereocenters. The summed E-state index contributed by atoms with van der Waals surface area (Å²) >= 11 is 0. The highest BCUT2D eigenvalue weighted by Gasteiger charge is 2.18. The van der Waals surface area contributed by atoms with Crippen LogP contribution in [-0.2, 0) is 6.54 Å². The van der Waals surface area contributed by atoms with Gasteiger partial charge in [-0.3, -0.25) is 9.98 Å². The molecule has 0 bridgehead atoms. The number of benzene rings is 3. The molecular weight excluding hydrogens is 669 g/mol. The van der Waals surface area contributed by atoms with Crippen molar-refractivity contribution in [2.24, 2.45) is 9.98 Å². The highest BCUT2D eigenvalue weighted by Crippen LogP contribution is 2.32. The quantitative estimate of drug-likeness (QED) is 0.0931. The lowest BCUT2D eigenvalue weighted by Crippen LogP contribution is -2.44. The monoisotopic (exact) mass is 729 g/mol. The number of unbranched alkanes of at least 4 members (excludes halogenated alkanes) is 2. The van der Waals surface area contributed by atoms with Gasteiger partial charge in [0.25, 0.3) is 0 Å². The number of hydrogen-bond donors (Lipinski definition) is 2. The van der Waals surface area contributed by atoms with E-state index in [0.29, 0.717) is 12.4 Å². The first kappa shape index (κ1) is 39.4. The second kappa shape index (κ2) is 21.0. The topological polar surface area (TPSA) is 87.5 Å². The summed E-state index contributed by atoms with van der Waals surface area (Å²) in [6, 6.07) is 27.2. The van der Waals surface area contributed by atoms with Gasteiger partial charge in [-0.25, -0.2) is 9.97 Å². The van der Waals surface area contributed by atoms with Crippen LogP contribution in [0.2, 0.25) is 0 Å². The molecule has 2 aliphatic heterocycles. The average Bonchev–Trinajstić information content (AvgIpc) is 3.20. The van der Waals surface area contributed by atoms with Gasteiger partial charge in [-0.1, -0.05) is 66.7 Å². The van der Waals surface area contributed by atoms with Crippen LogP contribution in [0.3, 0.4) is 0 Å². The van der Waals surface area contributed by atoms with Crippen LogP contribution in [0.4, 0.5) is 11.5 Å². The predicted molar refractivity (Wildman–Crippen MR) is 227 cm³/mol. The SMILES string of the molecule is CNCc1c(Nc2ccccc2)nc(-c2ccc(/C=N/CCCCN3CCN(C)CC3)cc2)nc1-c1ccc(/C=N\CCCCN2CCN(C)CC2)cc1. The Bertz CT molecular complexity index is 1740. The number of piperazine rings is 2. The molecule has 286 valence electrons. The van der Waals surface area contributed by atoms with Gasteiger partial charge in [-0.15, -0.1) is 0 Å². The minimum Gasteiger partial charge on any atom is -0.340 e. The fourth-order valence-corrected chi connectivity index (χ4v) is 6.96. The van der Waals surface area contributed by atoms with Gasteiger partial charge in [0.1, 0.15) is 5.82 Å². The molecule has 54 heavy (non-hydrogen) atoms. The van der Waals surface area contributed by atoms with E-state index >= 15 is 0 Å². The summed E-state index contributed by atoms with van der Waals surface area (Å²) in [6.45, 7) is 14.1. The Morgan fingerprint density at radius 3 is 1.65 bits per heavy atom. The highest BCUT2D eigenvalue weighted by molar-refractivity contribution is 5.83. The third-order valence-electron chi connectivity index (χ3n) is 10.4. The van der Waals surface area contributed by atoms with Crippen molar-refractivity contribution in [1.29, 1.82) is 0 Å². The molecular formula is C44H60N10. The Labute approximate surface area is 323 Å². The van der Waals surface area contributed by atoms with E-state index in [2.05, 4.69) is 105 Å². The van der Waals surface area contributed by atoms with Gasteiger partial charge < -0.3 is 30.2 Å². The molecule has 2 aliphatic rings. The summed E-state index contributed by atoms with van der Waals surface area (Å²) in [5.74, 6) is 1.47. The van der Waals surface area contributed by atoms with Gasteiger partial charge in [-0.2, -0.15) is 0 Å². The molecule has 4 aromatic rings. The van der Waals surface area contributed by atoms with E-state index in [0.717, 1.165) is 70.9 Å². The van der Waals surface area contributed by atoms with Crippen molar-refractivity contribution in [3.05, 3.63) is 95.6 Å². The summed E-state index contributed by atoms with van der Waals surface area (Å²) in [4.78, 5) is 29.7. The Kier molecular flexibility index (Phi) is 15.3. The standard InChI is InChI=1S/C44H60N10/c1-45-35-41-42(38-17-13-36(14-18-38)33-46-21-7-9-23-53-29-25-51(2)26-30-53)49-43(50-44(41)48-40-11-5-4-6-12-40)39-19-15-37(16-20-39)34-47-22-8-10-24-54-31-27-52(3)28-32-54/h4-6,11-20,33-34,45H,7-10,21-32,35H2,1-3H3,(H,48,49,50)/b46-33-,47-34+. The lowest BCUT2D eigenvalue weighted by molar-refractivity contribution is 0.152. The van der Waals surface area contributed by atoms with Crippen LogP contribution >= 0.6 is 0 Å². The highest BCUT2D eigenvalue weighted by atomic mass is 15.2. The molecule has 10 heteroatoms. The van der Waals surface area contributed by atoms with E-state index in [1.54, 1.807) is 0 Å². The zero-order valence-electron chi connectivity index (χ0n) is 32.8. The maximum absolute atomic E-state index is 5.20. The van der Waals surface area contributed by atoms with Gasteiger partial charge in [0.05, 0.1) is 5.69 Å². The van der Waals surface area contributed by atoms with E-state index in [1.807, 2.05) is 37.7 Å². The molecule has 0 radical (unpaired) electrons. The molecule has 6 rings (SSSR count). The zero-order valence-corrected chi connectivity index (χ0v) is 32.8. The number of anilines is 2. The maximum atomic E-state index is 5.20. The maximum Gasteiger partial charge on any atom is 0.162 e. The summed E-state index contributed by atoms with van der Waals surface area (Å²) in [5, 5.41) is 6.94. The summed E-state index contributed by atoms with van der Waals surface area (Å²) in [6.07, 6.45) is 8.60. The smallest absolute Gasteiger partial charge is 0.162 e. The third-order valence-corrected chi connectivity index (χ3v) is 10.4. The van der Waals surface area contributed by atoms with Gasteiger partial charge in [-0.05, 0) is 83.2 Å². The number of rotatable bonds is 18. The van der Waals surface area contributed by atoms with E-state index in [-0.39, 0.29) is 0 Å². The lowest BCUT2D eigenvalue weighted by atomic mass is 10.0. The van der Waals surface area contributed by atoms with Crippen LogP contribution in [-0.4, -0.2) is 142 Å². The van der Waals surface area contributed by atoms with E-state index in [9.17, 15) is 0 Å². The third kappa shape index (κ3) is 12.1. The van der Waals surface area contributed by atoms with E-state index in [1.165, 1.54) is 78.3 Å². The number of nitrogens with one attached hydrogen (secondary N) is 2. The first-order valence-corrected chi connectivity index (χ1v) is 19.9. The molecule has 1 aromatic heterocycles. The van der Waals surface area contributed by atoms with Crippen molar-refractivity contribution in [2.45, 2.75) is 32.2 Å². The van der Waals surface area contributed by atoms with Crippen molar-refractivity contribution in [1.82, 2.24) is 34.9 Å². The van der Waals surface area contributed by atoms with Crippen molar-refractivity contribution >= 4 is 23.9 Å². The fraction of sp³-hybridized carbons (Fsp3) is 0.455. The number of nitrogens with zero attached hydrogens (tertiary/aromatic N) is 8. The van der Waals surface area contributed by atoms with E-state index < -0.39 is 0 Å². The number of likely N-dealkylation sites (N-methyl/N-ethyl adjacent to an activating group) is 2. The number of hydrogen-bond acceptors (Lipinski definition) is 10. The van der Waals surface area contributed by atoms with Crippen LogP contribution in [0, 0.1) is 0 Å². The molecule has 0 saturated carbocycles. The predicted octanol–water partition coefficient (Wildman–Crippen LogP) is 6.17. The van der Waals surface area contributed by atoms with E-state index in [4.69, 9.17) is 20.0 Å². The minimum atomic E-state index is 0.618. The van der Waals surface area contributed by atoms with Crippen molar-refractivity contribution in [2.75, 3.05) is 105 Å². The van der Waals surface area contributed by atoms with Gasteiger partial charge in [0.15, 0.2) is 5.82 Å². The molecule has 3 aromatic carbocycles. The number of aromatic nitrogens is 2. The summed E-state index contributed by atoms with van der Waals surface area (Å²) in [7, 11) is 6.38. The second-order valence-electron chi connectivity index (χ2n) is 14.8. The van der Waals surface area contributed by atoms with Crippen molar-refractivity contribution in [3.8, 4) is 22.6 Å². The number of para-hydroxylation sites is 1. The van der Waals surface area contributed by atoms with Crippen LogP contribution in [0.1, 0.15) is 42.4 Å². The summed E-state index contributed by atoms with van der Waals surface area (Å²) in [5.41, 5.74) is 7.09. The Morgan fingerprint density at radius 2 is 1.13 bits per heavy atom. The largest absolute Gasteiger partial charge is 0.340 e. The molecule has 3 heterocycles. The Morgan fingerprint density at radius 1 is 0.611 bits per heavy atom. The van der Waals surface area contributed by atoms with Gasteiger partial charge in [0.2, 0.25) is 0 Å². The second-order valence-corrected chi connectivity index (χ2v) is 14.8. The molecule has 0 spiro atoms. The van der Waals surface area contributed by atoms with Crippen LogP contribution in [0.25, 0.3) is 22.6 Å². The molecule has 10 nitrogen and oxygen atoms in total. The van der Waals surface area contributed by atoms with Crippen molar-refractivity contribution < 1.29 is 0 Å². The first-order chi connectivity index (χ1) is 26.5. The minimum absolute atomic E-state index is 0.618. The molecule has 2 saturated heterocycles. The van der Waals surface area contributed by atoms with Crippen LogP contribution < -0.4 is 10.6 Å². The average molecular weight is 729 g/mol. The molecule has 0 atom stereocenters. The van der Waals surface area contributed by atoms with Crippen LogP contribution in [0.15, 0.2) is 88.8 Å². The van der Waals surface area contributed by atoms with Crippen LogP contribution in [0.5, 0.6) is 0 Å². The lowest BCUT2D eigenvalue weighted by Gasteiger charge is -2.32.